The van der Waals surface area contributed by atoms with Gasteiger partial charge in [-0.2, -0.15) is 0 Å². The zero-order chi connectivity index (χ0) is 12.5. The number of fused-ring (bicyclic) bond motifs is 1. The molecule has 1 N–H and O–H groups in total. The maximum Gasteiger partial charge on any atom is 0.231 e. The Morgan fingerprint density at radius 3 is 2.89 bits per heavy atom. The van der Waals surface area contributed by atoms with Crippen LogP contribution in [-0.2, 0) is 0 Å². The molecule has 0 bridgehead atoms. The number of hydrogen-bond acceptors (Lipinski definition) is 5. The highest BCUT2D eigenvalue weighted by atomic mass is 35.5. The molecule has 0 aliphatic carbocycles. The molecule has 0 fully saturated rings. The Morgan fingerprint density at radius 2 is 2.17 bits per heavy atom. The van der Waals surface area contributed by atoms with E-state index in [4.69, 9.17) is 21.1 Å². The van der Waals surface area contributed by atoms with E-state index in [0.29, 0.717) is 16.5 Å². The maximum atomic E-state index is 6.20. The highest BCUT2D eigenvalue weighted by molar-refractivity contribution is 7.09. The summed E-state index contributed by atoms with van der Waals surface area (Å²) in [5.74, 6) is 1.40. The van der Waals surface area contributed by atoms with Gasteiger partial charge in [-0.3, -0.25) is 0 Å². The van der Waals surface area contributed by atoms with E-state index in [0.717, 1.165) is 10.7 Å². The average molecular weight is 283 g/mol. The predicted octanol–water partition coefficient (Wildman–Crippen LogP) is 3.70. The third-order valence-electron chi connectivity index (χ3n) is 2.66. The summed E-state index contributed by atoms with van der Waals surface area (Å²) in [6.45, 7) is 2.29. The minimum absolute atomic E-state index is 0.0999. The van der Waals surface area contributed by atoms with E-state index in [1.54, 1.807) is 23.6 Å². The number of anilines is 1. The van der Waals surface area contributed by atoms with Crippen molar-refractivity contribution >= 4 is 28.6 Å². The Bertz CT molecular complexity index is 559. The molecule has 6 heteroatoms. The molecule has 18 heavy (non-hydrogen) atoms. The number of halogens is 1. The molecule has 2 aromatic rings. The van der Waals surface area contributed by atoms with Gasteiger partial charge in [-0.1, -0.05) is 11.6 Å². The molecule has 0 saturated heterocycles. The van der Waals surface area contributed by atoms with Crippen molar-refractivity contribution in [3.05, 3.63) is 33.7 Å². The van der Waals surface area contributed by atoms with Crippen LogP contribution in [0.15, 0.2) is 23.7 Å². The molecule has 0 spiro atoms. The van der Waals surface area contributed by atoms with E-state index < -0.39 is 0 Å². The van der Waals surface area contributed by atoms with Gasteiger partial charge in [-0.25, -0.2) is 4.98 Å². The van der Waals surface area contributed by atoms with Gasteiger partial charge < -0.3 is 14.8 Å². The lowest BCUT2D eigenvalue weighted by Gasteiger charge is -2.14. The van der Waals surface area contributed by atoms with Gasteiger partial charge in [-0.05, 0) is 6.92 Å². The molecule has 1 aliphatic rings. The largest absolute Gasteiger partial charge is 0.454 e. The Kier molecular flexibility index (Phi) is 3.01. The Balaban J connectivity index is 1.85. The van der Waals surface area contributed by atoms with Gasteiger partial charge in [0.15, 0.2) is 11.5 Å². The Hall–Kier alpha value is -1.46. The summed E-state index contributed by atoms with van der Waals surface area (Å²) in [6, 6.07) is 3.72. The van der Waals surface area contributed by atoms with Crippen LogP contribution in [-0.4, -0.2) is 11.8 Å². The number of nitrogens with one attached hydrogen (secondary N) is 1. The molecule has 1 aromatic heterocycles. The third kappa shape index (κ3) is 2.11. The molecule has 2 heterocycles. The van der Waals surface area contributed by atoms with Crippen LogP contribution in [0.4, 0.5) is 5.69 Å². The molecule has 1 atom stereocenters. The zero-order valence-corrected chi connectivity index (χ0v) is 11.2. The molecule has 1 aromatic carbocycles. The number of nitrogens with zero attached hydrogens (tertiary/aromatic N) is 1. The number of rotatable bonds is 3. The minimum Gasteiger partial charge on any atom is -0.454 e. The lowest BCUT2D eigenvalue weighted by atomic mass is 10.2. The molecular formula is C12H11ClN2O2S. The van der Waals surface area contributed by atoms with Gasteiger partial charge in [0.25, 0.3) is 0 Å². The molecular weight excluding hydrogens is 272 g/mol. The van der Waals surface area contributed by atoms with Gasteiger partial charge >= 0.3 is 0 Å². The van der Waals surface area contributed by atoms with Crippen molar-refractivity contribution in [2.24, 2.45) is 0 Å². The first kappa shape index (κ1) is 11.6. The summed E-state index contributed by atoms with van der Waals surface area (Å²) in [7, 11) is 0. The molecule has 3 rings (SSSR count). The number of thiazole rings is 1. The van der Waals surface area contributed by atoms with Crippen molar-refractivity contribution in [3.8, 4) is 11.5 Å². The Labute approximate surface area is 114 Å². The highest BCUT2D eigenvalue weighted by Gasteiger charge is 2.18. The monoisotopic (exact) mass is 282 g/mol. The van der Waals surface area contributed by atoms with Crippen LogP contribution in [0.2, 0.25) is 5.02 Å². The zero-order valence-electron chi connectivity index (χ0n) is 9.64. The van der Waals surface area contributed by atoms with E-state index in [9.17, 15) is 0 Å². The average Bonchev–Trinajstić information content (AvgIpc) is 2.98. The van der Waals surface area contributed by atoms with Crippen molar-refractivity contribution in [2.75, 3.05) is 12.1 Å². The normalized spacial score (nSPS) is 14.6. The first-order valence-electron chi connectivity index (χ1n) is 5.49. The van der Waals surface area contributed by atoms with Gasteiger partial charge in [0.1, 0.15) is 5.01 Å². The second-order valence-corrected chi connectivity index (χ2v) is 5.26. The van der Waals surface area contributed by atoms with Crippen LogP contribution in [0.25, 0.3) is 0 Å². The minimum atomic E-state index is 0.0999. The first-order chi connectivity index (χ1) is 8.74. The quantitative estimate of drug-likeness (QED) is 0.932. The smallest absolute Gasteiger partial charge is 0.231 e. The fourth-order valence-electron chi connectivity index (χ4n) is 1.77. The van der Waals surface area contributed by atoms with Crippen molar-refractivity contribution in [1.29, 1.82) is 0 Å². The van der Waals surface area contributed by atoms with E-state index in [-0.39, 0.29) is 12.8 Å². The van der Waals surface area contributed by atoms with Crippen LogP contribution in [0.3, 0.4) is 0 Å². The van der Waals surface area contributed by atoms with Crippen molar-refractivity contribution in [2.45, 2.75) is 13.0 Å². The summed E-state index contributed by atoms with van der Waals surface area (Å²) < 4.78 is 10.6. The molecule has 1 aliphatic heterocycles. The molecule has 0 amide bonds. The summed E-state index contributed by atoms with van der Waals surface area (Å²) in [5, 5.41) is 6.91. The number of ether oxygens (including phenoxy) is 2. The van der Waals surface area contributed by atoms with Crippen LogP contribution in [0, 0.1) is 0 Å². The van der Waals surface area contributed by atoms with E-state index >= 15 is 0 Å². The van der Waals surface area contributed by atoms with Crippen molar-refractivity contribution in [3.63, 3.8) is 0 Å². The van der Waals surface area contributed by atoms with Gasteiger partial charge in [0.2, 0.25) is 6.79 Å². The molecule has 0 saturated carbocycles. The maximum absolute atomic E-state index is 6.20. The molecule has 94 valence electrons. The second kappa shape index (κ2) is 4.66. The predicted molar refractivity (Wildman–Crippen MR) is 71.7 cm³/mol. The number of aromatic nitrogens is 1. The second-order valence-electron chi connectivity index (χ2n) is 3.92. The highest BCUT2D eigenvalue weighted by Crippen LogP contribution is 2.40. The van der Waals surface area contributed by atoms with Crippen LogP contribution in [0.5, 0.6) is 11.5 Å². The summed E-state index contributed by atoms with van der Waals surface area (Å²) in [6.07, 6.45) is 1.79. The molecule has 4 nitrogen and oxygen atoms in total. The van der Waals surface area contributed by atoms with Gasteiger partial charge in [0, 0.05) is 23.7 Å². The number of hydrogen-bond donors (Lipinski definition) is 1. The van der Waals surface area contributed by atoms with Crippen LogP contribution in [0.1, 0.15) is 18.0 Å². The standard InChI is InChI=1S/C12H11ClN2O2S/c1-7(12-14-2-3-18-12)15-9-5-11-10(4-8(9)13)16-6-17-11/h2-5,7,15H,6H2,1H3. The number of benzene rings is 1. The lowest BCUT2D eigenvalue weighted by Crippen LogP contribution is -2.06. The van der Waals surface area contributed by atoms with E-state index in [2.05, 4.69) is 10.3 Å². The summed E-state index contributed by atoms with van der Waals surface area (Å²) in [5.41, 5.74) is 0.823. The van der Waals surface area contributed by atoms with Crippen LogP contribution >= 0.6 is 22.9 Å². The van der Waals surface area contributed by atoms with E-state index in [1.807, 2.05) is 18.4 Å². The lowest BCUT2D eigenvalue weighted by molar-refractivity contribution is 0.174. The molecule has 0 radical (unpaired) electrons. The molecule has 1 unspecified atom stereocenters. The SMILES string of the molecule is CC(Nc1cc2c(cc1Cl)OCO2)c1nccs1. The topological polar surface area (TPSA) is 43.4 Å². The Morgan fingerprint density at radius 1 is 1.39 bits per heavy atom. The fourth-order valence-corrected chi connectivity index (χ4v) is 2.63. The van der Waals surface area contributed by atoms with E-state index in [1.165, 1.54) is 0 Å². The summed E-state index contributed by atoms with van der Waals surface area (Å²) >= 11 is 7.81. The van der Waals surface area contributed by atoms with Crippen LogP contribution < -0.4 is 14.8 Å². The van der Waals surface area contributed by atoms with Crippen molar-refractivity contribution in [1.82, 2.24) is 4.98 Å². The first-order valence-corrected chi connectivity index (χ1v) is 6.75. The van der Waals surface area contributed by atoms with Crippen molar-refractivity contribution < 1.29 is 9.47 Å². The third-order valence-corrected chi connectivity index (χ3v) is 3.93. The fraction of sp³-hybridized carbons (Fsp3) is 0.250. The van der Waals surface area contributed by atoms with Gasteiger partial charge in [-0.15, -0.1) is 11.3 Å². The summed E-state index contributed by atoms with van der Waals surface area (Å²) in [4.78, 5) is 4.27. The van der Waals surface area contributed by atoms with Gasteiger partial charge in [0.05, 0.1) is 16.8 Å².